The fourth-order valence-electron chi connectivity index (χ4n) is 0.616. The molecular formula is C5H10BrClN2O2. The number of nitrogens with zero attached hydrogens (tertiary/aromatic N) is 1. The van der Waals surface area contributed by atoms with Crippen LogP contribution in [0, 0.1) is 0 Å². The number of nitrogens with two attached hydrogens (primary N) is 1. The lowest BCUT2D eigenvalue weighted by Crippen LogP contribution is -2.29. The summed E-state index contributed by atoms with van der Waals surface area (Å²) in [4.78, 5) is 10.4. The Morgan fingerprint density at radius 1 is 1.82 bits per heavy atom. The molecule has 0 aliphatic rings. The van der Waals surface area contributed by atoms with Gasteiger partial charge in [-0.1, -0.05) is 0 Å². The van der Waals surface area contributed by atoms with Crippen LogP contribution in [-0.4, -0.2) is 27.1 Å². The Bertz CT molecular complexity index is 134. The maximum Gasteiger partial charge on any atom is 0.323 e. The second kappa shape index (κ2) is 5.77. The van der Waals surface area contributed by atoms with Crippen LogP contribution in [0.15, 0.2) is 0 Å². The van der Waals surface area contributed by atoms with Gasteiger partial charge in [0.25, 0.3) is 0 Å². The summed E-state index contributed by atoms with van der Waals surface area (Å²) in [6, 6.07) is -0.708. The van der Waals surface area contributed by atoms with Gasteiger partial charge < -0.3 is 10.8 Å². The largest absolute Gasteiger partial charge is 0.480 e. The fraction of sp³-hybridized carbons (Fsp3) is 0.800. The Balaban J connectivity index is 3.80. The van der Waals surface area contributed by atoms with Crippen LogP contribution in [0.4, 0.5) is 0 Å². The van der Waals surface area contributed by atoms with Gasteiger partial charge in [-0.2, -0.15) is 0 Å². The number of carboxylic acids is 1. The monoisotopic (exact) mass is 244 g/mol. The molecule has 1 atom stereocenters. The van der Waals surface area contributed by atoms with Gasteiger partial charge in [-0.25, -0.2) is 0 Å². The molecule has 0 radical (unpaired) electrons. The summed E-state index contributed by atoms with van der Waals surface area (Å²) in [5, 5.41) is 8.57. The van der Waals surface area contributed by atoms with Gasteiger partial charge in [-0.3, -0.25) is 4.79 Å². The lowest BCUT2D eigenvalue weighted by Gasteiger charge is -2.13. The van der Waals surface area contributed by atoms with Gasteiger partial charge in [0.15, 0.2) is 0 Å². The van der Waals surface area contributed by atoms with E-state index in [1.807, 2.05) is 0 Å². The van der Waals surface area contributed by atoms with E-state index in [1.54, 1.807) is 0 Å². The Morgan fingerprint density at radius 2 is 2.36 bits per heavy atom. The molecule has 0 rings (SSSR count). The van der Waals surface area contributed by atoms with E-state index < -0.39 is 12.0 Å². The Morgan fingerprint density at radius 3 is 2.64 bits per heavy atom. The van der Waals surface area contributed by atoms with Crippen molar-refractivity contribution in [2.75, 3.05) is 6.54 Å². The molecule has 0 bridgehead atoms. The van der Waals surface area contributed by atoms with Gasteiger partial charge in [0.2, 0.25) is 0 Å². The van der Waals surface area contributed by atoms with Gasteiger partial charge >= 0.3 is 5.97 Å². The summed E-state index contributed by atoms with van der Waals surface area (Å²) in [5.41, 5.74) is 5.21. The first-order valence-electron chi connectivity index (χ1n) is 3.13. The first kappa shape index (κ1) is 11.2. The molecule has 4 nitrogen and oxygen atoms in total. The van der Waals surface area contributed by atoms with E-state index in [9.17, 15) is 4.79 Å². The van der Waals surface area contributed by atoms with Crippen molar-refractivity contribution >= 4 is 33.9 Å². The summed E-state index contributed by atoms with van der Waals surface area (Å²) in [6.07, 6.45) is 1.09. The van der Waals surface area contributed by atoms with E-state index in [2.05, 4.69) is 16.1 Å². The van der Waals surface area contributed by atoms with Gasteiger partial charge in [-0.05, 0) is 31.2 Å². The average Bonchev–Trinajstić information content (AvgIpc) is 1.87. The summed E-state index contributed by atoms with van der Waals surface area (Å²) in [5.74, 6) is -0.953. The molecule has 0 aromatic heterocycles. The number of carboxylic acid groups (broad SMARTS) is 1. The van der Waals surface area contributed by atoms with Crippen LogP contribution in [0.3, 0.4) is 0 Å². The molecule has 0 saturated carbocycles. The molecule has 0 aromatic carbocycles. The lowest BCUT2D eigenvalue weighted by molar-refractivity contribution is -0.140. The number of halogens is 2. The number of rotatable bonds is 5. The minimum atomic E-state index is -0.953. The van der Waals surface area contributed by atoms with E-state index in [4.69, 9.17) is 22.6 Å². The summed E-state index contributed by atoms with van der Waals surface area (Å²) >= 11 is 8.25. The van der Waals surface area contributed by atoms with Gasteiger partial charge in [-0.15, -0.1) is 3.45 Å². The Labute approximate surface area is 78.7 Å². The third-order valence-corrected chi connectivity index (χ3v) is 1.93. The third kappa shape index (κ3) is 4.58. The molecule has 0 fully saturated rings. The zero-order valence-electron chi connectivity index (χ0n) is 5.83. The molecule has 0 heterocycles. The average molecular weight is 246 g/mol. The van der Waals surface area contributed by atoms with Gasteiger partial charge in [0.1, 0.15) is 6.04 Å². The highest BCUT2D eigenvalue weighted by molar-refractivity contribution is 9.08. The Hall–Kier alpha value is 0.160. The molecule has 0 saturated heterocycles. The van der Waals surface area contributed by atoms with E-state index in [0.29, 0.717) is 19.4 Å². The molecule has 0 aromatic rings. The predicted molar refractivity (Wildman–Crippen MR) is 46.3 cm³/mol. The quantitative estimate of drug-likeness (QED) is 0.708. The maximum absolute atomic E-state index is 10.4. The third-order valence-electron chi connectivity index (χ3n) is 1.20. The molecule has 0 unspecified atom stereocenters. The SMILES string of the molecule is NCCC[C@H](C(=O)O)N(Cl)Br. The lowest BCUT2D eigenvalue weighted by atomic mass is 10.2. The maximum atomic E-state index is 10.4. The minimum Gasteiger partial charge on any atom is -0.480 e. The van der Waals surface area contributed by atoms with Gasteiger partial charge in [0, 0.05) is 16.1 Å². The molecule has 11 heavy (non-hydrogen) atoms. The molecule has 3 N–H and O–H groups in total. The number of hydrogen-bond donors (Lipinski definition) is 2. The van der Waals surface area contributed by atoms with Crippen molar-refractivity contribution in [2.45, 2.75) is 18.9 Å². The molecule has 0 aliphatic heterocycles. The van der Waals surface area contributed by atoms with Crippen LogP contribution in [0.5, 0.6) is 0 Å². The van der Waals surface area contributed by atoms with Crippen LogP contribution in [0.25, 0.3) is 0 Å². The first-order chi connectivity index (χ1) is 5.09. The van der Waals surface area contributed by atoms with Crippen molar-refractivity contribution in [1.82, 2.24) is 3.45 Å². The standard InChI is InChI=1S/C5H10BrClN2O2/c6-9(7)4(5(10)11)2-1-3-8/h4H,1-3,8H2,(H,10,11)/t4-/m1/s1. The van der Waals surface area contributed by atoms with Crippen molar-refractivity contribution in [1.29, 1.82) is 0 Å². The molecule has 0 amide bonds. The van der Waals surface area contributed by atoms with Crippen molar-refractivity contribution in [2.24, 2.45) is 5.73 Å². The number of aliphatic carboxylic acids is 1. The molecule has 6 heteroatoms. The highest BCUT2D eigenvalue weighted by Gasteiger charge is 2.21. The smallest absolute Gasteiger partial charge is 0.323 e. The normalized spacial score (nSPS) is 13.5. The van der Waals surface area contributed by atoms with Crippen LogP contribution >= 0.6 is 27.9 Å². The van der Waals surface area contributed by atoms with Crippen molar-refractivity contribution in [3.63, 3.8) is 0 Å². The fourth-order valence-corrected chi connectivity index (χ4v) is 1.18. The van der Waals surface area contributed by atoms with E-state index in [-0.39, 0.29) is 0 Å². The molecule has 0 aliphatic carbocycles. The van der Waals surface area contributed by atoms with E-state index >= 15 is 0 Å². The van der Waals surface area contributed by atoms with Crippen molar-refractivity contribution < 1.29 is 9.90 Å². The Kier molecular flexibility index (Phi) is 5.85. The van der Waals surface area contributed by atoms with Gasteiger partial charge in [0.05, 0.1) is 0 Å². The summed E-state index contributed by atoms with van der Waals surface area (Å²) in [7, 11) is 0. The highest BCUT2D eigenvalue weighted by atomic mass is 79.9. The molecule has 0 spiro atoms. The number of hydrogen-bond acceptors (Lipinski definition) is 3. The van der Waals surface area contributed by atoms with Crippen LogP contribution in [-0.2, 0) is 4.79 Å². The summed E-state index contributed by atoms with van der Waals surface area (Å²) in [6.45, 7) is 0.474. The second-order valence-corrected chi connectivity index (χ2v) is 3.58. The second-order valence-electron chi connectivity index (χ2n) is 2.04. The van der Waals surface area contributed by atoms with Crippen LogP contribution < -0.4 is 5.73 Å². The highest BCUT2D eigenvalue weighted by Crippen LogP contribution is 2.14. The predicted octanol–water partition coefficient (Wildman–Crippen LogP) is 0.944. The molecule has 66 valence electrons. The van der Waals surface area contributed by atoms with Crippen LogP contribution in [0.1, 0.15) is 12.8 Å². The van der Waals surface area contributed by atoms with E-state index in [0.717, 1.165) is 3.45 Å². The first-order valence-corrected chi connectivity index (χ1v) is 4.18. The van der Waals surface area contributed by atoms with Crippen LogP contribution in [0.2, 0.25) is 0 Å². The van der Waals surface area contributed by atoms with E-state index in [1.165, 1.54) is 0 Å². The summed E-state index contributed by atoms with van der Waals surface area (Å²) < 4.78 is 0.977. The molecular weight excluding hydrogens is 235 g/mol. The number of carbonyl (C=O) groups is 1. The minimum absolute atomic E-state index is 0.445. The zero-order valence-corrected chi connectivity index (χ0v) is 8.18. The van der Waals surface area contributed by atoms with Crippen molar-refractivity contribution in [3.8, 4) is 0 Å². The zero-order chi connectivity index (χ0) is 8.85. The van der Waals surface area contributed by atoms with Crippen molar-refractivity contribution in [3.05, 3.63) is 0 Å². The topological polar surface area (TPSA) is 66.6 Å².